The van der Waals surface area contributed by atoms with Crippen LogP contribution >= 0.6 is 7.82 Å². The van der Waals surface area contributed by atoms with Crippen molar-refractivity contribution < 1.29 is 37.9 Å². The van der Waals surface area contributed by atoms with Crippen LogP contribution in [0.2, 0.25) is 0 Å². The molecule has 0 bridgehead atoms. The van der Waals surface area contributed by atoms with Crippen LogP contribution in [-0.2, 0) is 28.2 Å². The fourth-order valence-corrected chi connectivity index (χ4v) is 4.37. The van der Waals surface area contributed by atoms with Crippen LogP contribution in [0.3, 0.4) is 0 Å². The SMILES string of the molecule is CCCCC/C=C/CCCCCCCC(=O)OC[C@H](COP(=O)(O)O)OC(=O)CCCCCCCCCC. The molecule has 0 unspecified atom stereocenters. The summed E-state index contributed by atoms with van der Waals surface area (Å²) in [6.45, 7) is 3.57. The molecule has 9 heteroatoms. The summed E-state index contributed by atoms with van der Waals surface area (Å²) >= 11 is 0. The number of phosphoric acid groups is 1. The van der Waals surface area contributed by atoms with Gasteiger partial charge in [0, 0.05) is 12.8 Å². The third-order valence-electron chi connectivity index (χ3n) is 6.28. The van der Waals surface area contributed by atoms with E-state index in [1.165, 1.54) is 51.4 Å². The van der Waals surface area contributed by atoms with E-state index in [-0.39, 0.29) is 19.4 Å². The summed E-state index contributed by atoms with van der Waals surface area (Å²) in [6.07, 6.45) is 23.8. The van der Waals surface area contributed by atoms with Crippen LogP contribution < -0.4 is 0 Å². The predicted molar refractivity (Wildman–Crippen MR) is 152 cm³/mol. The molecule has 2 N–H and O–H groups in total. The molecule has 0 radical (unpaired) electrons. The summed E-state index contributed by atoms with van der Waals surface area (Å²) in [4.78, 5) is 42.2. The number of unbranched alkanes of at least 4 members (excludes halogenated alkanes) is 15. The molecule has 8 nitrogen and oxygen atoms in total. The first-order chi connectivity index (χ1) is 18.3. The van der Waals surface area contributed by atoms with Crippen LogP contribution in [0, 0.1) is 0 Å². The molecular weight excluding hydrogens is 507 g/mol. The van der Waals surface area contributed by atoms with E-state index in [2.05, 4.69) is 30.5 Å². The van der Waals surface area contributed by atoms with Gasteiger partial charge in [-0.15, -0.1) is 0 Å². The van der Waals surface area contributed by atoms with Gasteiger partial charge in [0.25, 0.3) is 0 Å². The van der Waals surface area contributed by atoms with Gasteiger partial charge in [0.15, 0.2) is 6.10 Å². The van der Waals surface area contributed by atoms with Crippen LogP contribution in [0.15, 0.2) is 12.2 Å². The first-order valence-corrected chi connectivity index (χ1v) is 16.5. The lowest BCUT2D eigenvalue weighted by atomic mass is 10.1. The molecule has 0 aromatic rings. The molecule has 0 amide bonds. The van der Waals surface area contributed by atoms with Gasteiger partial charge in [-0.1, -0.05) is 103 Å². The Balaban J connectivity index is 4.06. The molecule has 0 spiro atoms. The number of allylic oxidation sites excluding steroid dienone is 2. The molecule has 1 atom stereocenters. The number of ether oxygens (including phenoxy) is 2. The molecule has 0 aliphatic carbocycles. The standard InChI is InChI=1S/C29H55O8P/c1-3-5-7-9-11-13-14-15-16-18-19-21-23-28(30)35-25-27(26-36-38(32,33)34)37-29(31)24-22-20-17-12-10-8-6-4-2/h11,13,27H,3-10,12,14-26H2,1-2H3,(H2,32,33,34)/b13-11+/t27-/m1/s1. The highest BCUT2D eigenvalue weighted by atomic mass is 31.2. The van der Waals surface area contributed by atoms with Gasteiger partial charge in [0.05, 0.1) is 6.61 Å². The summed E-state index contributed by atoms with van der Waals surface area (Å²) in [5, 5.41) is 0. The molecule has 0 aliphatic heterocycles. The third-order valence-corrected chi connectivity index (χ3v) is 6.77. The monoisotopic (exact) mass is 562 g/mol. The minimum Gasteiger partial charge on any atom is -0.462 e. The van der Waals surface area contributed by atoms with E-state index in [0.717, 1.165) is 51.4 Å². The Morgan fingerprint density at radius 3 is 1.66 bits per heavy atom. The first-order valence-electron chi connectivity index (χ1n) is 15.0. The van der Waals surface area contributed by atoms with E-state index in [0.29, 0.717) is 12.8 Å². The number of esters is 2. The van der Waals surface area contributed by atoms with Gasteiger partial charge in [-0.25, -0.2) is 4.57 Å². The molecule has 0 fully saturated rings. The first kappa shape index (κ1) is 36.8. The zero-order valence-electron chi connectivity index (χ0n) is 24.1. The highest BCUT2D eigenvalue weighted by molar-refractivity contribution is 7.46. The Kier molecular flexibility index (Phi) is 25.2. The molecular formula is C29H55O8P. The maximum atomic E-state index is 12.2. The average molecular weight is 563 g/mol. The summed E-state index contributed by atoms with van der Waals surface area (Å²) in [5.74, 6) is -0.900. The molecule has 0 heterocycles. The van der Waals surface area contributed by atoms with Crippen LogP contribution in [0.4, 0.5) is 0 Å². The van der Waals surface area contributed by atoms with E-state index in [1.54, 1.807) is 0 Å². The fourth-order valence-electron chi connectivity index (χ4n) is 4.01. The number of hydrogen-bond donors (Lipinski definition) is 2. The maximum absolute atomic E-state index is 12.2. The van der Waals surface area contributed by atoms with Gasteiger partial charge in [-0.3, -0.25) is 14.1 Å². The Hall–Kier alpha value is -1.21. The Labute approximate surface area is 231 Å². The van der Waals surface area contributed by atoms with Crippen LogP contribution in [0.1, 0.15) is 142 Å². The van der Waals surface area contributed by atoms with Crippen molar-refractivity contribution in [2.24, 2.45) is 0 Å². The second-order valence-electron chi connectivity index (χ2n) is 10.1. The van der Waals surface area contributed by atoms with Crippen LogP contribution in [0.5, 0.6) is 0 Å². The molecule has 0 rings (SSSR count). The number of hydrogen-bond acceptors (Lipinski definition) is 6. The van der Waals surface area contributed by atoms with Crippen molar-refractivity contribution in [3.05, 3.63) is 12.2 Å². The van der Waals surface area contributed by atoms with Gasteiger partial charge in [-0.2, -0.15) is 0 Å². The summed E-state index contributed by atoms with van der Waals surface area (Å²) in [6, 6.07) is 0. The van der Waals surface area contributed by atoms with Crippen molar-refractivity contribution in [2.75, 3.05) is 13.2 Å². The molecule has 0 saturated heterocycles. The van der Waals surface area contributed by atoms with Crippen molar-refractivity contribution >= 4 is 19.8 Å². The number of rotatable bonds is 27. The lowest BCUT2D eigenvalue weighted by molar-refractivity contribution is -0.161. The molecule has 0 aromatic heterocycles. The minimum atomic E-state index is -4.73. The summed E-state index contributed by atoms with van der Waals surface area (Å²) < 4.78 is 26.0. The fraction of sp³-hybridized carbons (Fsp3) is 0.862. The zero-order valence-corrected chi connectivity index (χ0v) is 25.0. The van der Waals surface area contributed by atoms with E-state index >= 15 is 0 Å². The van der Waals surface area contributed by atoms with Crippen molar-refractivity contribution in [2.45, 2.75) is 148 Å². The van der Waals surface area contributed by atoms with Gasteiger partial charge >= 0.3 is 19.8 Å². The van der Waals surface area contributed by atoms with Gasteiger partial charge in [0.2, 0.25) is 0 Å². The lowest BCUT2D eigenvalue weighted by Crippen LogP contribution is -2.29. The largest absolute Gasteiger partial charge is 0.469 e. The third kappa shape index (κ3) is 27.8. The molecule has 38 heavy (non-hydrogen) atoms. The summed E-state index contributed by atoms with van der Waals surface area (Å²) in [7, 11) is -4.73. The van der Waals surface area contributed by atoms with Crippen molar-refractivity contribution in [1.82, 2.24) is 0 Å². The Morgan fingerprint density at radius 2 is 1.11 bits per heavy atom. The highest BCUT2D eigenvalue weighted by Crippen LogP contribution is 2.35. The Bertz CT molecular complexity index is 646. The van der Waals surface area contributed by atoms with E-state index in [1.807, 2.05) is 0 Å². The number of phosphoric ester groups is 1. The smallest absolute Gasteiger partial charge is 0.462 e. The van der Waals surface area contributed by atoms with E-state index in [9.17, 15) is 14.2 Å². The zero-order chi connectivity index (χ0) is 28.3. The van der Waals surface area contributed by atoms with Crippen molar-refractivity contribution in [3.8, 4) is 0 Å². The molecule has 0 saturated carbocycles. The number of carbonyl (C=O) groups excluding carboxylic acids is 2. The topological polar surface area (TPSA) is 119 Å². The minimum absolute atomic E-state index is 0.212. The van der Waals surface area contributed by atoms with Gasteiger partial charge < -0.3 is 19.3 Å². The lowest BCUT2D eigenvalue weighted by Gasteiger charge is -2.18. The molecule has 0 aromatic carbocycles. The van der Waals surface area contributed by atoms with E-state index < -0.39 is 32.5 Å². The average Bonchev–Trinajstić information content (AvgIpc) is 2.87. The van der Waals surface area contributed by atoms with Crippen LogP contribution in [0.25, 0.3) is 0 Å². The van der Waals surface area contributed by atoms with Crippen molar-refractivity contribution in [1.29, 1.82) is 0 Å². The maximum Gasteiger partial charge on any atom is 0.469 e. The number of carbonyl (C=O) groups is 2. The van der Waals surface area contributed by atoms with Crippen LogP contribution in [-0.4, -0.2) is 41.0 Å². The molecule has 224 valence electrons. The van der Waals surface area contributed by atoms with E-state index in [4.69, 9.17) is 19.3 Å². The quantitative estimate of drug-likeness (QED) is 0.0448. The highest BCUT2D eigenvalue weighted by Gasteiger charge is 2.22. The summed E-state index contributed by atoms with van der Waals surface area (Å²) in [5.41, 5.74) is 0. The van der Waals surface area contributed by atoms with Gasteiger partial charge in [0.1, 0.15) is 6.61 Å². The predicted octanol–water partition coefficient (Wildman–Crippen LogP) is 7.95. The van der Waals surface area contributed by atoms with Gasteiger partial charge in [-0.05, 0) is 38.5 Å². The second kappa shape index (κ2) is 26.0. The van der Waals surface area contributed by atoms with Crippen molar-refractivity contribution in [3.63, 3.8) is 0 Å². The molecule has 0 aliphatic rings. The normalized spacial score (nSPS) is 12.6. The Morgan fingerprint density at radius 1 is 0.658 bits per heavy atom. The second-order valence-corrected chi connectivity index (χ2v) is 11.3.